The first-order valence-corrected chi connectivity index (χ1v) is 4.78. The maximum atomic E-state index is 11.6. The van der Waals surface area contributed by atoms with Crippen LogP contribution in [0.1, 0.15) is 23.2 Å². The summed E-state index contributed by atoms with van der Waals surface area (Å²) in [6, 6.07) is 12.2. The van der Waals surface area contributed by atoms with E-state index >= 15 is 0 Å². The molecule has 1 rings (SSSR count). The van der Waals surface area contributed by atoms with Gasteiger partial charge in [-0.1, -0.05) is 18.2 Å². The Bertz CT molecular complexity index is 413. The van der Waals surface area contributed by atoms with Gasteiger partial charge < -0.3 is 4.74 Å². The van der Waals surface area contributed by atoms with Crippen molar-refractivity contribution in [3.63, 3.8) is 0 Å². The predicted molar refractivity (Wildman–Crippen MR) is 56.1 cm³/mol. The molecule has 0 saturated heterocycles. The van der Waals surface area contributed by atoms with Crippen LogP contribution < -0.4 is 0 Å². The summed E-state index contributed by atoms with van der Waals surface area (Å²) in [7, 11) is 0. The van der Waals surface area contributed by atoms with Gasteiger partial charge in [-0.3, -0.25) is 0 Å². The van der Waals surface area contributed by atoms with Gasteiger partial charge in [0.25, 0.3) is 0 Å². The highest BCUT2D eigenvalue weighted by Crippen LogP contribution is 2.08. The summed E-state index contributed by atoms with van der Waals surface area (Å²) in [5, 5.41) is 17.0. The fraction of sp³-hybridized carbons (Fsp3) is 0.250. The van der Waals surface area contributed by atoms with E-state index < -0.39 is 12.1 Å². The highest BCUT2D eigenvalue weighted by Gasteiger charge is 2.15. The van der Waals surface area contributed by atoms with Gasteiger partial charge >= 0.3 is 5.97 Å². The first-order valence-electron chi connectivity index (χ1n) is 4.78. The molecule has 0 bridgehead atoms. The van der Waals surface area contributed by atoms with Crippen LogP contribution in [0.3, 0.4) is 0 Å². The molecule has 4 nitrogen and oxygen atoms in total. The van der Waals surface area contributed by atoms with Crippen molar-refractivity contribution >= 4 is 5.97 Å². The monoisotopic (exact) mass is 214 g/mol. The molecule has 80 valence electrons. The van der Waals surface area contributed by atoms with Gasteiger partial charge in [0.2, 0.25) is 0 Å². The van der Waals surface area contributed by atoms with Gasteiger partial charge in [0.1, 0.15) is 6.10 Å². The second-order valence-electron chi connectivity index (χ2n) is 3.12. The maximum Gasteiger partial charge on any atom is 0.338 e. The van der Waals surface area contributed by atoms with E-state index in [1.807, 2.05) is 12.1 Å². The summed E-state index contributed by atoms with van der Waals surface area (Å²) in [6.45, 7) is 0. The average Bonchev–Trinajstić information content (AvgIpc) is 2.31. The van der Waals surface area contributed by atoms with Crippen LogP contribution in [-0.2, 0) is 4.74 Å². The minimum atomic E-state index is -0.650. The highest BCUT2D eigenvalue weighted by atomic mass is 16.5. The van der Waals surface area contributed by atoms with E-state index in [9.17, 15) is 4.79 Å². The number of nitrogens with zero attached hydrogens (tertiary/aromatic N) is 2. The van der Waals surface area contributed by atoms with Gasteiger partial charge in [-0.2, -0.15) is 10.5 Å². The largest absolute Gasteiger partial charge is 0.457 e. The lowest BCUT2D eigenvalue weighted by Crippen LogP contribution is -2.17. The average molecular weight is 214 g/mol. The molecule has 1 aromatic carbocycles. The van der Waals surface area contributed by atoms with Gasteiger partial charge in [0.05, 0.1) is 30.5 Å². The molecule has 0 heterocycles. The Morgan fingerprint density at radius 3 is 2.25 bits per heavy atom. The second-order valence-corrected chi connectivity index (χ2v) is 3.12. The van der Waals surface area contributed by atoms with Crippen LogP contribution >= 0.6 is 0 Å². The fourth-order valence-corrected chi connectivity index (χ4v) is 1.15. The van der Waals surface area contributed by atoms with Crippen molar-refractivity contribution in [3.8, 4) is 12.1 Å². The van der Waals surface area contributed by atoms with Crippen LogP contribution in [0.15, 0.2) is 30.3 Å². The lowest BCUT2D eigenvalue weighted by atomic mass is 10.2. The lowest BCUT2D eigenvalue weighted by Gasteiger charge is -2.11. The zero-order valence-electron chi connectivity index (χ0n) is 8.59. The van der Waals surface area contributed by atoms with E-state index in [-0.39, 0.29) is 12.8 Å². The summed E-state index contributed by atoms with van der Waals surface area (Å²) in [5.74, 6) is -0.504. The molecule has 0 saturated carbocycles. The van der Waals surface area contributed by atoms with E-state index in [0.29, 0.717) is 5.56 Å². The number of ether oxygens (including phenoxy) is 1. The molecule has 0 N–H and O–H groups in total. The summed E-state index contributed by atoms with van der Waals surface area (Å²) in [4.78, 5) is 11.6. The Morgan fingerprint density at radius 2 is 1.75 bits per heavy atom. The predicted octanol–water partition coefficient (Wildman–Crippen LogP) is 2.04. The molecule has 16 heavy (non-hydrogen) atoms. The van der Waals surface area contributed by atoms with Gasteiger partial charge in [-0.15, -0.1) is 0 Å². The van der Waals surface area contributed by atoms with Gasteiger partial charge in [0, 0.05) is 0 Å². The number of rotatable bonds is 4. The van der Waals surface area contributed by atoms with Crippen LogP contribution in [0.4, 0.5) is 0 Å². The minimum absolute atomic E-state index is 0.0339. The molecular formula is C12H10N2O2. The van der Waals surface area contributed by atoms with Crippen molar-refractivity contribution < 1.29 is 9.53 Å². The van der Waals surface area contributed by atoms with Crippen LogP contribution in [0, 0.1) is 22.7 Å². The summed E-state index contributed by atoms with van der Waals surface area (Å²) < 4.78 is 5.03. The molecule has 0 aliphatic carbocycles. The zero-order chi connectivity index (χ0) is 11.8. The number of esters is 1. The number of benzene rings is 1. The number of hydrogen-bond acceptors (Lipinski definition) is 4. The molecule has 0 aromatic heterocycles. The summed E-state index contributed by atoms with van der Waals surface area (Å²) in [6.07, 6.45) is -0.583. The van der Waals surface area contributed by atoms with Crippen LogP contribution in [0.25, 0.3) is 0 Å². The second kappa shape index (κ2) is 6.21. The third-order valence-corrected chi connectivity index (χ3v) is 1.92. The van der Waals surface area contributed by atoms with Crippen LogP contribution in [0.5, 0.6) is 0 Å². The Balaban J connectivity index is 2.63. The van der Waals surface area contributed by atoms with E-state index in [4.69, 9.17) is 15.3 Å². The molecule has 0 unspecified atom stereocenters. The molecule has 0 amide bonds. The SMILES string of the molecule is N#CCC(CC#N)OC(=O)c1ccccc1. The van der Waals surface area contributed by atoms with Gasteiger partial charge in [-0.05, 0) is 12.1 Å². The molecule has 0 aliphatic heterocycles. The van der Waals surface area contributed by atoms with E-state index in [0.717, 1.165) is 0 Å². The minimum Gasteiger partial charge on any atom is -0.457 e. The topological polar surface area (TPSA) is 73.9 Å². The smallest absolute Gasteiger partial charge is 0.338 e. The number of carbonyl (C=O) groups is 1. The number of carbonyl (C=O) groups excluding carboxylic acids is 1. The van der Waals surface area contributed by atoms with E-state index in [1.165, 1.54) is 0 Å². The molecule has 0 radical (unpaired) electrons. The quantitative estimate of drug-likeness (QED) is 0.719. The highest BCUT2D eigenvalue weighted by molar-refractivity contribution is 5.89. The Morgan fingerprint density at radius 1 is 1.19 bits per heavy atom. The zero-order valence-corrected chi connectivity index (χ0v) is 8.59. The normalized spacial score (nSPS) is 9.19. The van der Waals surface area contributed by atoms with Crippen molar-refractivity contribution in [2.75, 3.05) is 0 Å². The van der Waals surface area contributed by atoms with Crippen molar-refractivity contribution in [1.29, 1.82) is 10.5 Å². The maximum absolute atomic E-state index is 11.6. The van der Waals surface area contributed by atoms with Gasteiger partial charge in [-0.25, -0.2) is 4.79 Å². The molecular weight excluding hydrogens is 204 g/mol. The standard InChI is InChI=1S/C12H10N2O2/c13-8-6-11(7-9-14)16-12(15)10-4-2-1-3-5-10/h1-5,11H,6-7H2. The Labute approximate surface area is 93.7 Å². The molecule has 0 spiro atoms. The fourth-order valence-electron chi connectivity index (χ4n) is 1.15. The van der Waals surface area contributed by atoms with E-state index in [1.54, 1.807) is 30.3 Å². The third kappa shape index (κ3) is 3.43. The number of hydrogen-bond donors (Lipinski definition) is 0. The Kier molecular flexibility index (Phi) is 4.56. The first-order chi connectivity index (χ1) is 7.77. The third-order valence-electron chi connectivity index (χ3n) is 1.92. The molecule has 4 heteroatoms. The molecule has 0 fully saturated rings. The van der Waals surface area contributed by atoms with Crippen LogP contribution in [0.2, 0.25) is 0 Å². The van der Waals surface area contributed by atoms with Crippen molar-refractivity contribution in [2.45, 2.75) is 18.9 Å². The summed E-state index contributed by atoms with van der Waals surface area (Å²) in [5.41, 5.74) is 0.420. The van der Waals surface area contributed by atoms with Crippen molar-refractivity contribution in [2.24, 2.45) is 0 Å². The first kappa shape index (κ1) is 11.7. The molecule has 0 atom stereocenters. The van der Waals surface area contributed by atoms with Crippen LogP contribution in [-0.4, -0.2) is 12.1 Å². The van der Waals surface area contributed by atoms with Crippen molar-refractivity contribution in [3.05, 3.63) is 35.9 Å². The van der Waals surface area contributed by atoms with Crippen molar-refractivity contribution in [1.82, 2.24) is 0 Å². The number of nitriles is 2. The lowest BCUT2D eigenvalue weighted by molar-refractivity contribution is 0.0322. The van der Waals surface area contributed by atoms with E-state index in [2.05, 4.69) is 0 Å². The molecule has 1 aromatic rings. The summed E-state index contributed by atoms with van der Waals surface area (Å²) >= 11 is 0. The van der Waals surface area contributed by atoms with Gasteiger partial charge in [0.15, 0.2) is 0 Å². The molecule has 0 aliphatic rings. The Hall–Kier alpha value is -2.33.